The zero-order chi connectivity index (χ0) is 14.8. The summed E-state index contributed by atoms with van der Waals surface area (Å²) in [7, 11) is 0.342. The second-order valence-corrected chi connectivity index (χ2v) is 5.59. The van der Waals surface area contributed by atoms with Crippen LogP contribution in [0.1, 0.15) is 13.8 Å². The van der Waals surface area contributed by atoms with Crippen LogP contribution in [0.5, 0.6) is 0 Å². The van der Waals surface area contributed by atoms with Gasteiger partial charge < -0.3 is 19.7 Å². The van der Waals surface area contributed by atoms with Gasteiger partial charge in [0, 0.05) is 39.0 Å². The number of piperazine rings is 1. The normalized spacial score (nSPS) is 17.4. The van der Waals surface area contributed by atoms with Crippen molar-refractivity contribution in [2.24, 2.45) is 0 Å². The van der Waals surface area contributed by atoms with E-state index in [4.69, 9.17) is 14.8 Å². The fourth-order valence-corrected chi connectivity index (χ4v) is 2.49. The van der Waals surface area contributed by atoms with Crippen LogP contribution in [0.3, 0.4) is 0 Å². The summed E-state index contributed by atoms with van der Waals surface area (Å²) in [5.41, 5.74) is 1.41. The number of nitrogens with zero attached hydrogens (tertiary/aromatic N) is 2. The number of benzene rings is 1. The topological polar surface area (TPSA) is 56.2 Å². The minimum absolute atomic E-state index is 0.225. The Balaban J connectivity index is 1.97. The summed E-state index contributed by atoms with van der Waals surface area (Å²) in [6.45, 7) is 7.94. The molecule has 110 valence electrons. The lowest BCUT2D eigenvalue weighted by molar-refractivity contribution is -0.110. The third-order valence-electron chi connectivity index (χ3n) is 4.10. The quantitative estimate of drug-likeness (QED) is 0.752. The van der Waals surface area contributed by atoms with Crippen molar-refractivity contribution in [1.29, 1.82) is 0 Å². The van der Waals surface area contributed by atoms with E-state index in [1.54, 1.807) is 19.2 Å². The SMILES string of the molecule is COC(C)(C)N1CCN(c2ccc(B(O)O)cc2)CC1. The number of rotatable bonds is 4. The molecule has 1 aromatic rings. The molecule has 0 spiro atoms. The summed E-state index contributed by atoms with van der Waals surface area (Å²) in [6, 6.07) is 7.38. The second-order valence-electron chi connectivity index (χ2n) is 5.59. The fourth-order valence-electron chi connectivity index (χ4n) is 2.49. The molecule has 1 aromatic carbocycles. The van der Waals surface area contributed by atoms with Crippen LogP contribution >= 0.6 is 0 Å². The van der Waals surface area contributed by atoms with E-state index in [0.717, 1.165) is 31.9 Å². The molecule has 0 saturated carbocycles. The van der Waals surface area contributed by atoms with Crippen LogP contribution in [-0.4, -0.2) is 61.1 Å². The predicted octanol–water partition coefficient (Wildman–Crippen LogP) is -0.129. The van der Waals surface area contributed by atoms with Crippen LogP contribution in [0.4, 0.5) is 5.69 Å². The molecule has 0 atom stereocenters. The van der Waals surface area contributed by atoms with Crippen LogP contribution in [0.25, 0.3) is 0 Å². The summed E-state index contributed by atoms with van der Waals surface area (Å²) in [5, 5.41) is 18.2. The number of anilines is 1. The maximum atomic E-state index is 9.10. The Bertz CT molecular complexity index is 429. The van der Waals surface area contributed by atoms with Gasteiger partial charge in [-0.2, -0.15) is 0 Å². The summed E-state index contributed by atoms with van der Waals surface area (Å²) in [6.07, 6.45) is 0. The molecular formula is C14H23BN2O3. The zero-order valence-corrected chi connectivity index (χ0v) is 12.4. The Labute approximate surface area is 120 Å². The highest BCUT2D eigenvalue weighted by Gasteiger charge is 2.29. The van der Waals surface area contributed by atoms with Gasteiger partial charge in [-0.05, 0) is 31.4 Å². The van der Waals surface area contributed by atoms with Crippen molar-refractivity contribution in [1.82, 2.24) is 4.90 Å². The highest BCUT2D eigenvalue weighted by Crippen LogP contribution is 2.20. The van der Waals surface area contributed by atoms with Gasteiger partial charge in [-0.15, -0.1) is 0 Å². The molecule has 6 heteroatoms. The molecular weight excluding hydrogens is 255 g/mol. The Kier molecular flexibility index (Phi) is 4.70. The van der Waals surface area contributed by atoms with Crippen LogP contribution in [0.2, 0.25) is 0 Å². The monoisotopic (exact) mass is 278 g/mol. The lowest BCUT2D eigenvalue weighted by atomic mass is 9.80. The molecule has 0 aliphatic carbocycles. The van der Waals surface area contributed by atoms with Crippen LogP contribution in [-0.2, 0) is 4.74 Å². The van der Waals surface area contributed by atoms with Gasteiger partial charge >= 0.3 is 7.12 Å². The smallest absolute Gasteiger partial charge is 0.423 e. The lowest BCUT2D eigenvalue weighted by Crippen LogP contribution is -2.55. The van der Waals surface area contributed by atoms with Gasteiger partial charge in [0.05, 0.1) is 0 Å². The van der Waals surface area contributed by atoms with Crippen molar-refractivity contribution in [3.63, 3.8) is 0 Å². The molecule has 2 rings (SSSR count). The molecule has 0 radical (unpaired) electrons. The number of hydrogen-bond donors (Lipinski definition) is 2. The first-order chi connectivity index (χ1) is 9.44. The van der Waals surface area contributed by atoms with Crippen molar-refractivity contribution < 1.29 is 14.8 Å². The molecule has 0 aromatic heterocycles. The van der Waals surface area contributed by atoms with E-state index in [0.29, 0.717) is 5.46 Å². The van der Waals surface area contributed by atoms with Crippen LogP contribution in [0, 0.1) is 0 Å². The van der Waals surface area contributed by atoms with E-state index in [1.807, 2.05) is 12.1 Å². The van der Waals surface area contributed by atoms with E-state index in [1.165, 1.54) is 0 Å². The first kappa shape index (κ1) is 15.3. The van der Waals surface area contributed by atoms with Gasteiger partial charge in [0.1, 0.15) is 5.72 Å². The molecule has 5 nitrogen and oxygen atoms in total. The van der Waals surface area contributed by atoms with Crippen molar-refractivity contribution in [3.05, 3.63) is 24.3 Å². The molecule has 1 saturated heterocycles. The van der Waals surface area contributed by atoms with E-state index in [2.05, 4.69) is 23.6 Å². The Morgan fingerprint density at radius 3 is 2.05 bits per heavy atom. The average Bonchev–Trinajstić information content (AvgIpc) is 2.47. The Morgan fingerprint density at radius 2 is 1.60 bits per heavy atom. The Hall–Kier alpha value is -1.08. The van der Waals surface area contributed by atoms with Gasteiger partial charge in [0.15, 0.2) is 0 Å². The third-order valence-corrected chi connectivity index (χ3v) is 4.10. The van der Waals surface area contributed by atoms with Crippen molar-refractivity contribution in [2.45, 2.75) is 19.6 Å². The summed E-state index contributed by atoms with van der Waals surface area (Å²) >= 11 is 0. The standard InChI is InChI=1S/C14H23BN2O3/c1-14(2,20-3)17-10-8-16(9-11-17)13-6-4-12(5-7-13)15(18)19/h4-7,18-19H,8-11H2,1-3H3. The van der Waals surface area contributed by atoms with Gasteiger partial charge in [-0.3, -0.25) is 4.90 Å². The molecule has 0 amide bonds. The fraction of sp³-hybridized carbons (Fsp3) is 0.571. The minimum atomic E-state index is -1.40. The number of methoxy groups -OCH3 is 1. The molecule has 1 heterocycles. The van der Waals surface area contributed by atoms with Gasteiger partial charge in [-0.1, -0.05) is 12.1 Å². The lowest BCUT2D eigenvalue weighted by Gasteiger charge is -2.43. The van der Waals surface area contributed by atoms with E-state index in [9.17, 15) is 0 Å². The number of ether oxygens (including phenoxy) is 1. The summed E-state index contributed by atoms with van der Waals surface area (Å²) < 4.78 is 5.51. The minimum Gasteiger partial charge on any atom is -0.423 e. The van der Waals surface area contributed by atoms with Gasteiger partial charge in [0.25, 0.3) is 0 Å². The van der Waals surface area contributed by atoms with E-state index in [-0.39, 0.29) is 5.72 Å². The average molecular weight is 278 g/mol. The Morgan fingerprint density at radius 1 is 1.05 bits per heavy atom. The maximum Gasteiger partial charge on any atom is 0.488 e. The van der Waals surface area contributed by atoms with Crippen LogP contribution in [0.15, 0.2) is 24.3 Å². The van der Waals surface area contributed by atoms with E-state index >= 15 is 0 Å². The first-order valence-electron chi connectivity index (χ1n) is 6.95. The van der Waals surface area contributed by atoms with E-state index < -0.39 is 7.12 Å². The van der Waals surface area contributed by atoms with Gasteiger partial charge in [0.2, 0.25) is 0 Å². The van der Waals surface area contributed by atoms with Crippen molar-refractivity contribution >= 4 is 18.3 Å². The molecule has 1 aliphatic heterocycles. The molecule has 0 bridgehead atoms. The summed E-state index contributed by atoms with van der Waals surface area (Å²) in [5.74, 6) is 0. The molecule has 1 aliphatic rings. The largest absolute Gasteiger partial charge is 0.488 e. The second kappa shape index (κ2) is 6.14. The predicted molar refractivity (Wildman–Crippen MR) is 81.1 cm³/mol. The third kappa shape index (κ3) is 3.33. The number of hydrogen-bond acceptors (Lipinski definition) is 5. The first-order valence-corrected chi connectivity index (χ1v) is 6.95. The zero-order valence-electron chi connectivity index (χ0n) is 12.4. The highest BCUT2D eigenvalue weighted by atomic mass is 16.5. The van der Waals surface area contributed by atoms with Crippen LogP contribution < -0.4 is 10.4 Å². The van der Waals surface area contributed by atoms with Gasteiger partial charge in [-0.25, -0.2) is 0 Å². The van der Waals surface area contributed by atoms with Crippen molar-refractivity contribution in [2.75, 3.05) is 38.2 Å². The molecule has 2 N–H and O–H groups in total. The maximum absolute atomic E-state index is 9.10. The molecule has 0 unspecified atom stereocenters. The van der Waals surface area contributed by atoms with Crippen molar-refractivity contribution in [3.8, 4) is 0 Å². The molecule has 1 fully saturated rings. The molecule has 20 heavy (non-hydrogen) atoms. The highest BCUT2D eigenvalue weighted by molar-refractivity contribution is 6.58. The summed E-state index contributed by atoms with van der Waals surface area (Å²) in [4.78, 5) is 4.63.